The first-order valence-corrected chi connectivity index (χ1v) is 8.79. The zero-order valence-corrected chi connectivity index (χ0v) is 16.2. The molecule has 1 aromatic rings. The third kappa shape index (κ3) is 8.50. The van der Waals surface area contributed by atoms with Gasteiger partial charge < -0.3 is 14.6 Å². The van der Waals surface area contributed by atoms with E-state index in [2.05, 4.69) is 4.98 Å². The van der Waals surface area contributed by atoms with Crippen LogP contribution in [0.25, 0.3) is 5.76 Å². The van der Waals surface area contributed by atoms with Gasteiger partial charge in [-0.25, -0.2) is 9.59 Å². The molecule has 0 unspecified atom stereocenters. The second-order valence-electron chi connectivity index (χ2n) is 5.65. The maximum Gasteiger partial charge on any atom is 0.349 e. The van der Waals surface area contributed by atoms with Gasteiger partial charge in [0.2, 0.25) is 0 Å². The van der Waals surface area contributed by atoms with Gasteiger partial charge in [-0.05, 0) is 25.0 Å². The van der Waals surface area contributed by atoms with E-state index < -0.39 is 23.3 Å². The summed E-state index contributed by atoms with van der Waals surface area (Å²) < 4.78 is 10.2. The van der Waals surface area contributed by atoms with Gasteiger partial charge in [0.05, 0.1) is 13.2 Å². The van der Waals surface area contributed by atoms with Gasteiger partial charge in [-0.2, -0.15) is 0 Å². The molecule has 149 valence electrons. The Morgan fingerprint density at radius 1 is 0.923 bits per heavy atom. The summed E-state index contributed by atoms with van der Waals surface area (Å²) in [5.41, 5.74) is -0.166. The Balaban J connectivity index is 0.00000625. The number of aliphatic hydroxyl groups is 1. The first-order chi connectivity index (χ1) is 12.1. The number of carbonyl (C=O) groups is 2. The van der Waals surface area contributed by atoms with Crippen molar-refractivity contribution in [3.8, 4) is 0 Å². The van der Waals surface area contributed by atoms with Gasteiger partial charge in [0.25, 0.3) is 0 Å². The number of aliphatic hydroxyl groups excluding tert-OH is 1. The van der Waals surface area contributed by atoms with Crippen LogP contribution in [0.4, 0.5) is 0 Å². The maximum absolute atomic E-state index is 12.3. The van der Waals surface area contributed by atoms with Gasteiger partial charge in [0.15, 0.2) is 5.57 Å². The summed E-state index contributed by atoms with van der Waals surface area (Å²) in [5.74, 6) is -2.19. The summed E-state index contributed by atoms with van der Waals surface area (Å²) in [6.45, 7) is 4.47. The Kier molecular flexibility index (Phi) is 13.3. The van der Waals surface area contributed by atoms with Crippen LogP contribution in [0.1, 0.15) is 57.9 Å². The fourth-order valence-corrected chi connectivity index (χ4v) is 2.11. The minimum Gasteiger partial charge on any atom is -0.506 e. The van der Waals surface area contributed by atoms with Gasteiger partial charge in [0.1, 0.15) is 5.76 Å². The van der Waals surface area contributed by atoms with Crippen LogP contribution in [0.15, 0.2) is 30.1 Å². The van der Waals surface area contributed by atoms with Crippen molar-refractivity contribution in [1.82, 2.24) is 4.98 Å². The predicted octanol–water partition coefficient (Wildman–Crippen LogP) is 3.82. The second-order valence-corrected chi connectivity index (χ2v) is 5.65. The van der Waals surface area contributed by atoms with Crippen LogP contribution in [0.2, 0.25) is 0 Å². The van der Waals surface area contributed by atoms with E-state index in [9.17, 15) is 14.7 Å². The molecule has 0 aliphatic carbocycles. The van der Waals surface area contributed by atoms with E-state index in [1.807, 2.05) is 13.8 Å². The molecule has 0 fully saturated rings. The second kappa shape index (κ2) is 14.3. The SMILES string of the molecule is CCCCCOC(=O)C(C(=O)OCCCCC)=C(O)c1ccncc1.[Cu]. The molecule has 0 amide bonds. The monoisotopic (exact) mass is 412 g/mol. The molecule has 0 aliphatic heterocycles. The van der Waals surface area contributed by atoms with Crippen molar-refractivity contribution in [2.45, 2.75) is 52.4 Å². The Morgan fingerprint density at radius 3 is 1.81 bits per heavy atom. The third-order valence-electron chi connectivity index (χ3n) is 3.56. The van der Waals surface area contributed by atoms with Crippen LogP contribution in [0.3, 0.4) is 0 Å². The van der Waals surface area contributed by atoms with Crippen LogP contribution in [0.5, 0.6) is 0 Å². The minimum absolute atomic E-state index is 0. The number of rotatable bonds is 11. The summed E-state index contributed by atoms with van der Waals surface area (Å²) in [6, 6.07) is 3.01. The van der Waals surface area contributed by atoms with Gasteiger partial charge >= 0.3 is 11.9 Å². The normalized spacial score (nSPS) is 9.77. The average molecular weight is 413 g/mol. The quantitative estimate of drug-likeness (QED) is 0.113. The molecule has 0 aliphatic rings. The molecule has 0 spiro atoms. The first-order valence-electron chi connectivity index (χ1n) is 8.79. The van der Waals surface area contributed by atoms with Crippen molar-refractivity contribution in [2.75, 3.05) is 13.2 Å². The molecular weight excluding hydrogens is 386 g/mol. The molecule has 1 aromatic heterocycles. The van der Waals surface area contributed by atoms with Crippen LogP contribution in [0, 0.1) is 0 Å². The first kappa shape index (κ1) is 24.1. The molecule has 0 saturated carbocycles. The van der Waals surface area contributed by atoms with Crippen LogP contribution >= 0.6 is 0 Å². The van der Waals surface area contributed by atoms with Crippen molar-refractivity contribution in [3.63, 3.8) is 0 Å². The van der Waals surface area contributed by atoms with Crippen molar-refractivity contribution in [1.29, 1.82) is 0 Å². The van der Waals surface area contributed by atoms with Crippen molar-refractivity contribution < 1.29 is 41.2 Å². The molecule has 0 saturated heterocycles. The number of unbranched alkanes of at least 4 members (excludes halogenated alkanes) is 4. The third-order valence-corrected chi connectivity index (χ3v) is 3.56. The molecule has 1 rings (SSSR count). The number of hydrogen-bond donors (Lipinski definition) is 1. The van der Waals surface area contributed by atoms with Crippen LogP contribution in [-0.2, 0) is 36.1 Å². The molecule has 26 heavy (non-hydrogen) atoms. The summed E-state index contributed by atoms with van der Waals surface area (Å²) in [7, 11) is 0. The number of ether oxygens (including phenoxy) is 2. The van der Waals surface area contributed by atoms with E-state index in [0.29, 0.717) is 18.4 Å². The summed E-state index contributed by atoms with van der Waals surface area (Å²) in [5, 5.41) is 10.4. The number of carbonyl (C=O) groups excluding carboxylic acids is 2. The van der Waals surface area contributed by atoms with Gasteiger partial charge in [-0.15, -0.1) is 0 Å². The van der Waals surface area contributed by atoms with Gasteiger partial charge in [-0.1, -0.05) is 39.5 Å². The molecule has 1 N–H and O–H groups in total. The van der Waals surface area contributed by atoms with Crippen LogP contribution in [-0.4, -0.2) is 35.2 Å². The van der Waals surface area contributed by atoms with Crippen molar-refractivity contribution in [3.05, 3.63) is 35.7 Å². The van der Waals surface area contributed by atoms with Crippen LogP contribution < -0.4 is 0 Å². The standard InChI is InChI=1S/C19H27NO5.Cu/c1-3-5-7-13-24-18(22)16(19(23)25-14-8-6-4-2)17(21)15-9-11-20-12-10-15;/h9-12,21H,3-8,13-14H2,1-2H3;. The maximum atomic E-state index is 12.3. The topological polar surface area (TPSA) is 85.7 Å². The number of pyridine rings is 1. The number of nitrogens with zero attached hydrogens (tertiary/aromatic N) is 1. The molecular formula is C19H27CuNO5. The van der Waals surface area contributed by atoms with Gasteiger partial charge in [0, 0.05) is 35.0 Å². The van der Waals surface area contributed by atoms with E-state index >= 15 is 0 Å². The number of esters is 2. The zero-order valence-electron chi connectivity index (χ0n) is 15.3. The predicted molar refractivity (Wildman–Crippen MR) is 94.8 cm³/mol. The molecule has 6 nitrogen and oxygen atoms in total. The zero-order chi connectivity index (χ0) is 18.5. The number of aromatic nitrogens is 1. The fraction of sp³-hybridized carbons (Fsp3) is 0.526. The van der Waals surface area contributed by atoms with E-state index in [-0.39, 0.29) is 30.3 Å². The van der Waals surface area contributed by atoms with E-state index in [0.717, 1.165) is 25.7 Å². The molecule has 0 bridgehead atoms. The van der Waals surface area contributed by atoms with Crippen molar-refractivity contribution in [2.24, 2.45) is 0 Å². The van der Waals surface area contributed by atoms with E-state index in [1.165, 1.54) is 24.5 Å². The Morgan fingerprint density at radius 2 is 1.38 bits per heavy atom. The smallest absolute Gasteiger partial charge is 0.349 e. The molecule has 1 heterocycles. The molecule has 7 heteroatoms. The summed E-state index contributed by atoms with van der Waals surface area (Å²) >= 11 is 0. The van der Waals surface area contributed by atoms with E-state index in [1.54, 1.807) is 0 Å². The van der Waals surface area contributed by atoms with E-state index in [4.69, 9.17) is 9.47 Å². The largest absolute Gasteiger partial charge is 0.506 e. The Hall–Kier alpha value is -1.85. The Labute approximate surface area is 165 Å². The fourth-order valence-electron chi connectivity index (χ4n) is 2.11. The summed E-state index contributed by atoms with van der Waals surface area (Å²) in [6.07, 6.45) is 8.15. The van der Waals surface area contributed by atoms with Crippen molar-refractivity contribution >= 4 is 17.7 Å². The minimum atomic E-state index is -0.870. The van der Waals surface area contributed by atoms with Gasteiger partial charge in [-0.3, -0.25) is 4.98 Å². The average Bonchev–Trinajstić information content (AvgIpc) is 2.63. The molecule has 0 atom stereocenters. The number of hydrogen-bond acceptors (Lipinski definition) is 6. The Bertz CT molecular complexity index is 549. The molecule has 1 radical (unpaired) electrons. The molecule has 0 aromatic carbocycles. The summed E-state index contributed by atoms with van der Waals surface area (Å²) in [4.78, 5) is 28.4.